The summed E-state index contributed by atoms with van der Waals surface area (Å²) in [4.78, 5) is 0. The van der Waals surface area contributed by atoms with Gasteiger partial charge in [0.25, 0.3) is 0 Å². The van der Waals surface area contributed by atoms with Crippen LogP contribution in [0.3, 0.4) is 0 Å². The molecule has 0 saturated carbocycles. The van der Waals surface area contributed by atoms with E-state index in [-0.39, 0.29) is 0 Å². The molecule has 0 radical (unpaired) electrons. The third kappa shape index (κ3) is 3.52. The summed E-state index contributed by atoms with van der Waals surface area (Å²) in [6, 6.07) is 0. The monoisotopic (exact) mass is 83.1 g/mol. The maximum atomic E-state index is 6.38. The Bertz CT molecular complexity index is 51.4. The van der Waals surface area contributed by atoms with Crippen LogP contribution in [0.2, 0.25) is 0 Å². The van der Waals surface area contributed by atoms with Crippen LogP contribution in [-0.2, 0) is 4.74 Å². The molecule has 0 aliphatic rings. The van der Waals surface area contributed by atoms with E-state index in [1.807, 2.05) is 0 Å². The van der Waals surface area contributed by atoms with E-state index in [4.69, 9.17) is 6.42 Å². The molecule has 0 N–H and O–H groups in total. The first-order valence-corrected chi connectivity index (χ1v) is 1.80. The summed E-state index contributed by atoms with van der Waals surface area (Å²) in [6.45, 7) is 0.615. The number of rotatable bonds is 2. The molecule has 0 heterocycles. The molecule has 0 atom stereocenters. The largest absolute Gasteiger partial charge is 0.694 e. The summed E-state index contributed by atoms with van der Waals surface area (Å²) in [5.41, 5.74) is 0. The first-order chi connectivity index (χ1) is 2.91. The Morgan fingerprint density at radius 2 is 2.50 bits per heavy atom. The number of methoxy groups -OCH3 is 1. The second-order valence-corrected chi connectivity index (χ2v) is 0.920. The Labute approximate surface area is 38.3 Å². The van der Waals surface area contributed by atoms with E-state index in [1.165, 1.54) is 0 Å². The molecule has 1 heteroatoms. The van der Waals surface area contributed by atoms with Crippen molar-refractivity contribution in [1.82, 2.24) is 0 Å². The van der Waals surface area contributed by atoms with Gasteiger partial charge in [-0.05, 0) is 6.42 Å². The topological polar surface area (TPSA) is 9.23 Å². The first-order valence-electron chi connectivity index (χ1n) is 1.80. The van der Waals surface area contributed by atoms with Crippen molar-refractivity contribution in [2.45, 2.75) is 6.42 Å². The summed E-state index contributed by atoms with van der Waals surface area (Å²) < 4.78 is 4.60. The van der Waals surface area contributed by atoms with Gasteiger partial charge in [0, 0.05) is 7.11 Å². The third-order valence-electron chi connectivity index (χ3n) is 0.431. The highest BCUT2D eigenvalue weighted by molar-refractivity contribution is 4.73. The molecule has 0 aromatic carbocycles. The maximum absolute atomic E-state index is 6.38. The first kappa shape index (κ1) is 5.52. The van der Waals surface area contributed by atoms with Gasteiger partial charge in [-0.25, -0.2) is 0 Å². The predicted octanol–water partition coefficient (Wildman–Crippen LogP) is 0.613. The Morgan fingerprint density at radius 1 is 1.83 bits per heavy atom. The fourth-order valence-electron chi connectivity index (χ4n) is 0.153. The lowest BCUT2D eigenvalue weighted by Crippen LogP contribution is -1.82. The Hall–Kier alpha value is -0.480. The van der Waals surface area contributed by atoms with Gasteiger partial charge >= 0.3 is 0 Å². The van der Waals surface area contributed by atoms with Gasteiger partial charge in [-0.15, -0.1) is 0 Å². The molecule has 0 saturated heterocycles. The molecule has 1 nitrogen and oxygen atoms in total. The lowest BCUT2D eigenvalue weighted by atomic mass is 10.5. The lowest BCUT2D eigenvalue weighted by Gasteiger charge is -1.89. The quantitative estimate of drug-likeness (QED) is 0.270. The van der Waals surface area contributed by atoms with Crippen LogP contribution >= 0.6 is 0 Å². The molecular formula is C5H7O-. The van der Waals surface area contributed by atoms with Crippen molar-refractivity contribution in [2.24, 2.45) is 0 Å². The van der Waals surface area contributed by atoms with Gasteiger partial charge in [0.1, 0.15) is 0 Å². The van der Waals surface area contributed by atoms with Crippen molar-refractivity contribution in [3.63, 3.8) is 0 Å². The van der Waals surface area contributed by atoms with Gasteiger partial charge in [-0.3, -0.25) is 0 Å². The Morgan fingerprint density at radius 3 is 2.67 bits per heavy atom. The van der Waals surface area contributed by atoms with Crippen LogP contribution in [0, 0.1) is 12.3 Å². The van der Waals surface area contributed by atoms with E-state index in [2.05, 4.69) is 10.7 Å². The van der Waals surface area contributed by atoms with Gasteiger partial charge in [0.15, 0.2) is 0 Å². The molecule has 0 aliphatic carbocycles. The van der Waals surface area contributed by atoms with Crippen LogP contribution < -0.4 is 0 Å². The summed E-state index contributed by atoms with van der Waals surface area (Å²) >= 11 is 0. The van der Waals surface area contributed by atoms with Crippen molar-refractivity contribution < 1.29 is 4.74 Å². The van der Waals surface area contributed by atoms with Crippen molar-refractivity contribution >= 4 is 0 Å². The zero-order valence-electron chi connectivity index (χ0n) is 3.82. The second-order valence-electron chi connectivity index (χ2n) is 0.920. The van der Waals surface area contributed by atoms with E-state index in [0.29, 0.717) is 13.0 Å². The summed E-state index contributed by atoms with van der Waals surface area (Å²) in [6.07, 6.45) is 6.98. The van der Waals surface area contributed by atoms with Crippen LogP contribution in [0.5, 0.6) is 0 Å². The summed E-state index contributed by atoms with van der Waals surface area (Å²) in [5.74, 6) is 2.19. The maximum Gasteiger partial charge on any atom is 0.0539 e. The average molecular weight is 83.1 g/mol. The van der Waals surface area contributed by atoms with Crippen LogP contribution in [0.15, 0.2) is 0 Å². The predicted molar refractivity (Wildman–Crippen MR) is 23.6 cm³/mol. The molecule has 6 heavy (non-hydrogen) atoms. The Kier molecular flexibility index (Phi) is 4.16. The van der Waals surface area contributed by atoms with E-state index in [1.54, 1.807) is 7.11 Å². The average Bonchev–Trinajstić information content (AvgIpc) is 1.61. The van der Waals surface area contributed by atoms with Gasteiger partial charge in [0.2, 0.25) is 0 Å². The number of hydrogen-bond acceptors (Lipinski definition) is 1. The summed E-state index contributed by atoms with van der Waals surface area (Å²) in [7, 11) is 1.61. The molecular weight excluding hydrogens is 76.1 g/mol. The molecule has 0 unspecified atom stereocenters. The molecule has 0 spiro atoms. The molecule has 0 aromatic rings. The SMILES string of the molecule is [C-]#CCCOC. The number of hydrogen-bond donors (Lipinski definition) is 0. The molecule has 0 aliphatic heterocycles. The Balaban J connectivity index is 2.54. The van der Waals surface area contributed by atoms with E-state index in [9.17, 15) is 0 Å². The van der Waals surface area contributed by atoms with Crippen molar-refractivity contribution in [3.8, 4) is 5.92 Å². The fraction of sp³-hybridized carbons (Fsp3) is 0.600. The van der Waals surface area contributed by atoms with Gasteiger partial charge < -0.3 is 17.1 Å². The molecule has 0 rings (SSSR count). The number of ether oxygens (including phenoxy) is 1. The van der Waals surface area contributed by atoms with Crippen LogP contribution in [-0.4, -0.2) is 13.7 Å². The van der Waals surface area contributed by atoms with Gasteiger partial charge in [-0.1, -0.05) is 0 Å². The van der Waals surface area contributed by atoms with E-state index < -0.39 is 0 Å². The highest BCUT2D eigenvalue weighted by Gasteiger charge is 1.65. The minimum Gasteiger partial charge on any atom is -0.694 e. The standard InChI is InChI=1S/C5H7O/c1-3-4-5-6-2/h4-5H2,2H3/q-1. The van der Waals surface area contributed by atoms with Crippen molar-refractivity contribution in [3.05, 3.63) is 6.42 Å². The molecule has 0 aromatic heterocycles. The zero-order chi connectivity index (χ0) is 4.83. The molecule has 0 fully saturated rings. The second kappa shape index (κ2) is 4.52. The van der Waals surface area contributed by atoms with Crippen molar-refractivity contribution in [1.29, 1.82) is 0 Å². The minimum absolute atomic E-state index is 0.608. The van der Waals surface area contributed by atoms with E-state index in [0.717, 1.165) is 0 Å². The summed E-state index contributed by atoms with van der Waals surface area (Å²) in [5, 5.41) is 0. The van der Waals surface area contributed by atoms with Gasteiger partial charge in [-0.2, -0.15) is 0 Å². The van der Waals surface area contributed by atoms with Crippen LogP contribution in [0.4, 0.5) is 0 Å². The minimum atomic E-state index is 0.608. The smallest absolute Gasteiger partial charge is 0.0539 e. The van der Waals surface area contributed by atoms with E-state index >= 15 is 0 Å². The van der Waals surface area contributed by atoms with Crippen molar-refractivity contribution in [2.75, 3.05) is 13.7 Å². The zero-order valence-corrected chi connectivity index (χ0v) is 3.82. The van der Waals surface area contributed by atoms with Crippen LogP contribution in [0.1, 0.15) is 6.42 Å². The molecule has 0 amide bonds. The normalized spacial score (nSPS) is 7.33. The highest BCUT2D eigenvalue weighted by Crippen LogP contribution is 1.71. The molecule has 0 bridgehead atoms. The van der Waals surface area contributed by atoms with Crippen LogP contribution in [0.25, 0.3) is 0 Å². The van der Waals surface area contributed by atoms with Gasteiger partial charge in [0.05, 0.1) is 6.61 Å². The lowest BCUT2D eigenvalue weighted by molar-refractivity contribution is 0.206. The molecule has 34 valence electrons. The third-order valence-corrected chi connectivity index (χ3v) is 0.431. The fourth-order valence-corrected chi connectivity index (χ4v) is 0.153. The highest BCUT2D eigenvalue weighted by atomic mass is 16.5.